The fourth-order valence-electron chi connectivity index (χ4n) is 2.31. The van der Waals surface area contributed by atoms with Crippen LogP contribution >= 0.6 is 11.6 Å². The predicted octanol–water partition coefficient (Wildman–Crippen LogP) is 3.29. The van der Waals surface area contributed by atoms with E-state index < -0.39 is 0 Å². The Kier molecular flexibility index (Phi) is 4.32. The van der Waals surface area contributed by atoms with E-state index in [1.165, 1.54) is 0 Å². The maximum atomic E-state index is 12.2. The van der Waals surface area contributed by atoms with Crippen molar-refractivity contribution in [2.75, 3.05) is 18.4 Å². The van der Waals surface area contributed by atoms with Crippen LogP contribution in [0.2, 0.25) is 5.02 Å². The molecule has 1 N–H and O–H groups in total. The Hall–Kier alpha value is -1.26. The van der Waals surface area contributed by atoms with Gasteiger partial charge in [-0.05, 0) is 44.5 Å². The van der Waals surface area contributed by atoms with Crippen LogP contribution in [0.25, 0.3) is 0 Å². The molecule has 2 unspecified atom stereocenters. The van der Waals surface area contributed by atoms with Gasteiger partial charge in [0, 0.05) is 23.8 Å². The van der Waals surface area contributed by atoms with Gasteiger partial charge in [-0.15, -0.1) is 0 Å². The highest BCUT2D eigenvalue weighted by molar-refractivity contribution is 6.30. The minimum atomic E-state index is -0.0903. The van der Waals surface area contributed by atoms with Crippen LogP contribution in [0.5, 0.6) is 0 Å². The SMILES string of the molecule is Cc1cc(Cl)ccc1NC(=O)N1CC(C)OC(C)C1. The average Bonchev–Trinajstić information content (AvgIpc) is 2.31. The van der Waals surface area contributed by atoms with Gasteiger partial charge in [-0.3, -0.25) is 0 Å². The van der Waals surface area contributed by atoms with Gasteiger partial charge >= 0.3 is 6.03 Å². The first-order chi connectivity index (χ1) is 8.95. The number of nitrogens with zero attached hydrogens (tertiary/aromatic N) is 1. The molecule has 104 valence electrons. The number of carbonyl (C=O) groups excluding carboxylic acids is 1. The quantitative estimate of drug-likeness (QED) is 0.859. The highest BCUT2D eigenvalue weighted by atomic mass is 35.5. The van der Waals surface area contributed by atoms with Crippen LogP contribution < -0.4 is 5.32 Å². The normalized spacial score (nSPS) is 23.3. The molecule has 2 rings (SSSR count). The van der Waals surface area contributed by atoms with E-state index in [1.54, 1.807) is 11.0 Å². The number of halogens is 1. The lowest BCUT2D eigenvalue weighted by Gasteiger charge is -2.35. The summed E-state index contributed by atoms with van der Waals surface area (Å²) in [6.45, 7) is 7.10. The molecule has 2 atom stereocenters. The number of rotatable bonds is 1. The molecule has 1 aliphatic heterocycles. The van der Waals surface area contributed by atoms with Crippen LogP contribution in [-0.2, 0) is 4.74 Å². The third-order valence-corrected chi connectivity index (χ3v) is 3.37. The van der Waals surface area contributed by atoms with Crippen LogP contribution in [0, 0.1) is 6.92 Å². The van der Waals surface area contributed by atoms with E-state index in [2.05, 4.69) is 5.32 Å². The molecule has 1 fully saturated rings. The summed E-state index contributed by atoms with van der Waals surface area (Å²) in [6.07, 6.45) is 0.140. The summed E-state index contributed by atoms with van der Waals surface area (Å²) in [7, 11) is 0. The van der Waals surface area contributed by atoms with E-state index in [4.69, 9.17) is 16.3 Å². The number of carbonyl (C=O) groups is 1. The number of amides is 2. The number of urea groups is 1. The number of ether oxygens (including phenoxy) is 1. The highest BCUT2D eigenvalue weighted by Gasteiger charge is 2.25. The lowest BCUT2D eigenvalue weighted by molar-refractivity contribution is -0.0530. The van der Waals surface area contributed by atoms with Crippen molar-refractivity contribution in [3.05, 3.63) is 28.8 Å². The number of morpholine rings is 1. The zero-order chi connectivity index (χ0) is 14.0. The van der Waals surface area contributed by atoms with E-state index in [9.17, 15) is 4.79 Å². The first-order valence-corrected chi connectivity index (χ1v) is 6.81. The van der Waals surface area contributed by atoms with Gasteiger partial charge in [-0.2, -0.15) is 0 Å². The number of hydrogen-bond acceptors (Lipinski definition) is 2. The van der Waals surface area contributed by atoms with Crippen molar-refractivity contribution in [2.24, 2.45) is 0 Å². The Balaban J connectivity index is 2.04. The Morgan fingerprint density at radius 1 is 1.37 bits per heavy atom. The maximum absolute atomic E-state index is 12.2. The molecule has 0 aliphatic carbocycles. The van der Waals surface area contributed by atoms with Gasteiger partial charge in [-0.1, -0.05) is 11.6 Å². The summed E-state index contributed by atoms with van der Waals surface area (Å²) in [6, 6.07) is 5.34. The molecule has 1 aromatic carbocycles. The molecule has 0 radical (unpaired) electrons. The third kappa shape index (κ3) is 3.61. The van der Waals surface area contributed by atoms with Gasteiger partial charge in [0.05, 0.1) is 12.2 Å². The molecule has 4 nitrogen and oxygen atoms in total. The number of hydrogen-bond donors (Lipinski definition) is 1. The molecule has 0 spiro atoms. The topological polar surface area (TPSA) is 41.6 Å². The summed E-state index contributed by atoms with van der Waals surface area (Å²) in [5.74, 6) is 0. The molecule has 19 heavy (non-hydrogen) atoms. The fraction of sp³-hybridized carbons (Fsp3) is 0.500. The summed E-state index contributed by atoms with van der Waals surface area (Å²) in [5.41, 5.74) is 1.75. The summed E-state index contributed by atoms with van der Waals surface area (Å²) < 4.78 is 5.62. The number of nitrogens with one attached hydrogen (secondary N) is 1. The lowest BCUT2D eigenvalue weighted by atomic mass is 10.2. The molecule has 0 aromatic heterocycles. The van der Waals surface area contributed by atoms with Crippen molar-refractivity contribution < 1.29 is 9.53 Å². The maximum Gasteiger partial charge on any atom is 0.322 e. The minimum absolute atomic E-state index is 0.0702. The largest absolute Gasteiger partial charge is 0.372 e. The van der Waals surface area contributed by atoms with E-state index in [-0.39, 0.29) is 18.2 Å². The molecule has 1 aliphatic rings. The van der Waals surface area contributed by atoms with Crippen molar-refractivity contribution in [2.45, 2.75) is 33.0 Å². The molecule has 0 saturated carbocycles. The molecule has 1 saturated heterocycles. The van der Waals surface area contributed by atoms with Gasteiger partial charge in [0.15, 0.2) is 0 Å². The first kappa shape index (κ1) is 14.2. The van der Waals surface area contributed by atoms with Crippen LogP contribution in [0.4, 0.5) is 10.5 Å². The van der Waals surface area contributed by atoms with Gasteiger partial charge < -0.3 is 15.0 Å². The fourth-order valence-corrected chi connectivity index (χ4v) is 2.53. The first-order valence-electron chi connectivity index (χ1n) is 6.43. The third-order valence-electron chi connectivity index (χ3n) is 3.14. The molecule has 5 heteroatoms. The van der Waals surface area contributed by atoms with Crippen LogP contribution in [0.15, 0.2) is 18.2 Å². The summed E-state index contributed by atoms with van der Waals surface area (Å²) in [4.78, 5) is 14.0. The van der Waals surface area contributed by atoms with Crippen LogP contribution in [0.3, 0.4) is 0 Å². The molecule has 1 aromatic rings. The van der Waals surface area contributed by atoms with Crippen molar-refractivity contribution in [1.82, 2.24) is 4.90 Å². The van der Waals surface area contributed by atoms with Crippen molar-refractivity contribution >= 4 is 23.3 Å². The Morgan fingerprint density at radius 2 is 2.00 bits per heavy atom. The second-order valence-electron chi connectivity index (χ2n) is 5.05. The average molecular weight is 283 g/mol. The van der Waals surface area contributed by atoms with Gasteiger partial charge in [0.1, 0.15) is 0 Å². The van der Waals surface area contributed by atoms with E-state index in [0.29, 0.717) is 18.1 Å². The summed E-state index contributed by atoms with van der Waals surface area (Å²) >= 11 is 5.90. The lowest BCUT2D eigenvalue weighted by Crippen LogP contribution is -2.49. The molecular formula is C14H19ClN2O2. The molecule has 2 amide bonds. The zero-order valence-corrected chi connectivity index (χ0v) is 12.2. The van der Waals surface area contributed by atoms with Gasteiger partial charge in [-0.25, -0.2) is 4.79 Å². The zero-order valence-electron chi connectivity index (χ0n) is 11.4. The number of aryl methyl sites for hydroxylation is 1. The highest BCUT2D eigenvalue weighted by Crippen LogP contribution is 2.20. The van der Waals surface area contributed by atoms with Gasteiger partial charge in [0.25, 0.3) is 0 Å². The Morgan fingerprint density at radius 3 is 2.58 bits per heavy atom. The standard InChI is InChI=1S/C14H19ClN2O2/c1-9-6-12(15)4-5-13(9)16-14(18)17-7-10(2)19-11(3)8-17/h4-6,10-11H,7-8H2,1-3H3,(H,16,18). The van der Waals surface area contributed by atoms with E-state index in [0.717, 1.165) is 11.3 Å². The van der Waals surface area contributed by atoms with E-state index in [1.807, 2.05) is 32.9 Å². The van der Waals surface area contributed by atoms with Gasteiger partial charge in [0.2, 0.25) is 0 Å². The monoisotopic (exact) mass is 282 g/mol. The minimum Gasteiger partial charge on any atom is -0.372 e. The second-order valence-corrected chi connectivity index (χ2v) is 5.49. The smallest absolute Gasteiger partial charge is 0.322 e. The summed E-state index contributed by atoms with van der Waals surface area (Å²) in [5, 5.41) is 3.59. The van der Waals surface area contributed by atoms with Crippen LogP contribution in [0.1, 0.15) is 19.4 Å². The number of anilines is 1. The molecular weight excluding hydrogens is 264 g/mol. The number of benzene rings is 1. The van der Waals surface area contributed by atoms with Crippen molar-refractivity contribution in [3.63, 3.8) is 0 Å². The Bertz CT molecular complexity index is 469. The second kappa shape index (κ2) is 5.80. The van der Waals surface area contributed by atoms with Crippen LogP contribution in [-0.4, -0.2) is 36.2 Å². The van der Waals surface area contributed by atoms with Crippen molar-refractivity contribution in [1.29, 1.82) is 0 Å². The predicted molar refractivity (Wildman–Crippen MR) is 76.8 cm³/mol. The van der Waals surface area contributed by atoms with E-state index >= 15 is 0 Å². The molecule has 0 bridgehead atoms. The van der Waals surface area contributed by atoms with Crippen molar-refractivity contribution in [3.8, 4) is 0 Å². The Labute approximate surface area is 118 Å². The molecule has 1 heterocycles.